The van der Waals surface area contributed by atoms with E-state index in [2.05, 4.69) is 9.44 Å². The van der Waals surface area contributed by atoms with Crippen LogP contribution in [0.1, 0.15) is 208 Å². The molecule has 2 saturated heterocycles. The Labute approximate surface area is 728 Å². The predicted octanol–water partition coefficient (Wildman–Crippen LogP) is 13.1. The topological polar surface area (TPSA) is 361 Å². The van der Waals surface area contributed by atoms with Gasteiger partial charge >= 0.3 is 24.3 Å². The van der Waals surface area contributed by atoms with Crippen molar-refractivity contribution in [3.63, 3.8) is 0 Å². The van der Waals surface area contributed by atoms with Crippen LogP contribution in [0, 0.1) is 58.2 Å². The molecule has 0 spiro atoms. The van der Waals surface area contributed by atoms with Crippen LogP contribution in [0.25, 0.3) is 22.1 Å². The van der Waals surface area contributed by atoms with Crippen LogP contribution < -0.4 is 28.4 Å². The molecular formula is C88H116F8N8O20S2. The van der Waals surface area contributed by atoms with Crippen LogP contribution in [-0.2, 0) is 77.4 Å². The number of benzene rings is 2. The third-order valence-corrected chi connectivity index (χ3v) is 30.5. The number of nitrogens with one attached hydrogen (secondary N) is 2. The van der Waals surface area contributed by atoms with Gasteiger partial charge in [0, 0.05) is 77.1 Å². The van der Waals surface area contributed by atoms with Crippen molar-refractivity contribution < 1.29 is 128 Å². The summed E-state index contributed by atoms with van der Waals surface area (Å²) in [5.74, 6) is -11.5. The van der Waals surface area contributed by atoms with E-state index in [9.17, 15) is 80.7 Å². The van der Waals surface area contributed by atoms with E-state index in [4.69, 9.17) is 57.8 Å². The molecule has 2 aromatic carbocycles. The molecule has 696 valence electrons. The average molecular weight is 1820 g/mol. The number of sulfonamides is 2. The number of Topliss-reactive ketones (excluding diaryl/α,β-unsaturated/α-hetero) is 2. The summed E-state index contributed by atoms with van der Waals surface area (Å²) >= 11 is 0. The van der Waals surface area contributed by atoms with E-state index >= 15 is 9.59 Å². The molecule has 12 rings (SSSR count). The number of ketones is 2. The highest BCUT2D eigenvalue weighted by Crippen LogP contribution is 2.60. The van der Waals surface area contributed by atoms with E-state index in [-0.39, 0.29) is 113 Å². The second kappa shape index (κ2) is 38.1. The number of allylic oxidation sites excluding steroid dienone is 4. The van der Waals surface area contributed by atoms with Crippen LogP contribution in [0.3, 0.4) is 0 Å². The van der Waals surface area contributed by atoms with Crippen LogP contribution in [0.15, 0.2) is 60.7 Å². The number of hydrogen-bond acceptors (Lipinski definition) is 24. The van der Waals surface area contributed by atoms with Crippen molar-refractivity contribution in [2.24, 2.45) is 58.2 Å². The molecule has 2 N–H and O–H groups in total. The Morgan fingerprint density at radius 2 is 0.889 bits per heavy atom. The largest absolute Gasteiger partial charge is 0.497 e. The van der Waals surface area contributed by atoms with Crippen molar-refractivity contribution in [1.82, 2.24) is 39.2 Å². The van der Waals surface area contributed by atoms with Gasteiger partial charge in [0.05, 0.1) is 97.0 Å². The van der Waals surface area contributed by atoms with Crippen molar-refractivity contribution >= 4 is 89.2 Å². The number of carbonyl (C=O) groups is 8. The summed E-state index contributed by atoms with van der Waals surface area (Å²) in [6.07, 6.45) is -3.97. The Balaban J connectivity index is 0.000000245. The fraction of sp³-hybridized carbons (Fsp3) is 0.682. The summed E-state index contributed by atoms with van der Waals surface area (Å²) in [5.41, 5.74) is -5.82. The highest BCUT2D eigenvalue weighted by atomic mass is 32.2. The van der Waals surface area contributed by atoms with E-state index < -0.39 is 210 Å². The van der Waals surface area contributed by atoms with Crippen molar-refractivity contribution in [1.29, 1.82) is 0 Å². The number of aromatic nitrogens is 4. The van der Waals surface area contributed by atoms with Crippen LogP contribution in [-0.4, -0.2) is 219 Å². The number of fused-ring (bicyclic) bond motifs is 6. The number of ether oxygens (including phenoxy) is 8. The van der Waals surface area contributed by atoms with Gasteiger partial charge in [-0.15, -0.1) is 0 Å². The summed E-state index contributed by atoms with van der Waals surface area (Å²) in [6.45, 7) is 11.4. The van der Waals surface area contributed by atoms with Crippen LogP contribution >= 0.6 is 0 Å². The van der Waals surface area contributed by atoms with E-state index in [1.807, 2.05) is 53.7 Å². The molecular weight excluding hydrogens is 1710 g/mol. The molecule has 4 saturated carbocycles. The minimum Gasteiger partial charge on any atom is -0.497 e. The van der Waals surface area contributed by atoms with E-state index in [1.54, 1.807) is 48.6 Å². The zero-order valence-corrected chi connectivity index (χ0v) is 75.1. The Morgan fingerprint density at radius 1 is 0.532 bits per heavy atom. The summed E-state index contributed by atoms with van der Waals surface area (Å²) < 4.78 is 210. The molecule has 8 aliphatic rings. The lowest BCUT2D eigenvalue weighted by Gasteiger charge is -2.34. The van der Waals surface area contributed by atoms with Crippen molar-refractivity contribution in [3.05, 3.63) is 72.1 Å². The number of halogens is 8. The number of methoxy groups -OCH3 is 4. The maximum absolute atomic E-state index is 15.1. The lowest BCUT2D eigenvalue weighted by Crippen LogP contribution is -2.49. The lowest BCUT2D eigenvalue weighted by molar-refractivity contribution is -0.257. The van der Waals surface area contributed by atoms with Gasteiger partial charge in [-0.05, 0) is 165 Å². The molecule has 0 bridgehead atoms. The molecule has 6 fully saturated rings. The van der Waals surface area contributed by atoms with Gasteiger partial charge in [0.1, 0.15) is 57.9 Å². The van der Waals surface area contributed by atoms with Crippen molar-refractivity contribution in [3.8, 4) is 23.3 Å². The Morgan fingerprint density at radius 3 is 1.20 bits per heavy atom. The third kappa shape index (κ3) is 21.4. The quantitative estimate of drug-likeness (QED) is 0.0335. The Hall–Kier alpha value is -8.78. The molecule has 4 aromatic rings. The first-order valence-corrected chi connectivity index (χ1v) is 45.8. The minimum absolute atomic E-state index is 0.0419. The van der Waals surface area contributed by atoms with Crippen LogP contribution in [0.4, 0.5) is 35.1 Å². The van der Waals surface area contributed by atoms with Gasteiger partial charge in [-0.3, -0.25) is 47.8 Å². The van der Waals surface area contributed by atoms with Gasteiger partial charge in [-0.2, -0.15) is 26.3 Å². The molecule has 4 aliphatic heterocycles. The van der Waals surface area contributed by atoms with Gasteiger partial charge in [0.2, 0.25) is 66.6 Å². The van der Waals surface area contributed by atoms with Gasteiger partial charge in [-0.1, -0.05) is 65.8 Å². The standard InChI is InChI=1S/2C44H58F4N4O10S/c2*1-25(2)37-38(50-33-17-29(60-7)12-13-32(33)49-37)61-30-18-34-35(53)21-43(40(56)51-63(57,58)42(24-45)14-15-42)20-28(43)11-9-8-10-26(3)16-27(23-59-6)31(39(55)52(34)22-30)19-36(54)62-41(4,5)44(46,47)48/h2*9,11-13,17,25-28,30-31,34H,8,10,14-16,18-24H2,1-7H3,(H,51,56)/b2*11-9-/t26-,27+,28-,30-,31+,34+,43-;26-,27-,28+,30+,31-,34-,43+/m10/s1. The van der Waals surface area contributed by atoms with E-state index in [0.29, 0.717) is 111 Å². The SMILES string of the molecule is COC[C@@H]1C[C@@H](C)CC/C=C\[C@@H]2C[C@@]2(C(=O)NS(=O)(=O)C2(CF)CC2)CC(=O)[C@@H]2C[C@@H](Oc3nc4cc(OC)ccc4nc3C(C)C)CN2C(=O)[C@H]1CC(=O)OC(C)(C)C(F)(F)F.COC[C@@H]1C[C@H](C)CC/C=C\[C@@H]2C[C@@]2(C(=O)NS(=O)(=O)C2(CF)CC2)CC(=O)[C@@H]2C[C@@H](Oc3nc4cc(OC)ccc4nc3C(C)C)CN2C(=O)[C@H]1CC(=O)OC(C)(C)C(F)(F)F. The first kappa shape index (κ1) is 97.8. The lowest BCUT2D eigenvalue weighted by atomic mass is 9.81. The fourth-order valence-corrected chi connectivity index (χ4v) is 20.5. The van der Waals surface area contributed by atoms with Crippen molar-refractivity contribution in [2.75, 3.05) is 68.1 Å². The number of nitrogens with zero attached hydrogens (tertiary/aromatic N) is 6. The molecule has 28 nitrogen and oxygen atoms in total. The number of carbonyl (C=O) groups excluding carboxylic acids is 8. The number of amides is 4. The van der Waals surface area contributed by atoms with Gasteiger partial charge < -0.3 is 47.7 Å². The molecule has 126 heavy (non-hydrogen) atoms. The highest BCUT2D eigenvalue weighted by Gasteiger charge is 2.66. The second-order valence-corrected chi connectivity index (χ2v) is 41.4. The number of rotatable bonds is 26. The van der Waals surface area contributed by atoms with Crippen LogP contribution in [0.2, 0.25) is 0 Å². The summed E-state index contributed by atoms with van der Waals surface area (Å²) in [7, 11) is -3.07. The molecule has 38 heteroatoms. The van der Waals surface area contributed by atoms with Gasteiger partial charge in [0.25, 0.3) is 0 Å². The zero-order chi connectivity index (χ0) is 92.6. The molecule has 0 unspecified atom stereocenters. The average Bonchev–Trinajstić information content (AvgIpc) is 1.56. The highest BCUT2D eigenvalue weighted by molar-refractivity contribution is 7.92. The molecule has 4 aliphatic carbocycles. The maximum atomic E-state index is 15.1. The third-order valence-electron chi connectivity index (χ3n) is 26.3. The smallest absolute Gasteiger partial charge is 0.427 e. The molecule has 14 atom stereocenters. The molecule has 2 aromatic heterocycles. The van der Waals surface area contributed by atoms with E-state index in [0.717, 1.165) is 0 Å². The number of esters is 2. The summed E-state index contributed by atoms with van der Waals surface area (Å²) in [6, 6.07) is 7.75. The Kier molecular flexibility index (Phi) is 29.6. The van der Waals surface area contributed by atoms with Crippen molar-refractivity contribution in [2.45, 2.75) is 254 Å². The van der Waals surface area contributed by atoms with Gasteiger partial charge in [0.15, 0.2) is 11.6 Å². The minimum atomic E-state index is -4.92. The second-order valence-electron chi connectivity index (χ2n) is 37.2. The first-order valence-electron chi connectivity index (χ1n) is 42.8. The first-order chi connectivity index (χ1) is 59.0. The molecule has 4 amide bonds. The number of alkyl halides is 8. The van der Waals surface area contributed by atoms with E-state index in [1.165, 1.54) is 38.2 Å². The monoisotopic (exact) mass is 1820 g/mol. The normalized spacial score (nSPS) is 28.3. The Bertz CT molecular complexity index is 4740. The fourth-order valence-electron chi connectivity index (χ4n) is 17.6. The predicted molar refractivity (Wildman–Crippen MR) is 443 cm³/mol. The zero-order valence-electron chi connectivity index (χ0n) is 73.5. The van der Waals surface area contributed by atoms with Gasteiger partial charge in [-0.25, -0.2) is 45.6 Å². The summed E-state index contributed by atoms with van der Waals surface area (Å²) in [4.78, 5) is 137. The molecule has 0 radical (unpaired) electrons. The summed E-state index contributed by atoms with van der Waals surface area (Å²) in [5, 5.41) is 0. The van der Waals surface area contributed by atoms with Crippen LogP contribution in [0.5, 0.6) is 23.3 Å². The number of hydrogen-bond donors (Lipinski definition) is 2. The molecule has 6 heterocycles. The maximum Gasteiger partial charge on any atom is 0.427 e.